The number of carbonyl (C=O) groups is 1. The number of nitrogens with one attached hydrogen (secondary N) is 1. The Balaban J connectivity index is 1.99. The fraction of sp³-hybridized carbons (Fsp3) is 0.500. The van der Waals surface area contributed by atoms with Gasteiger partial charge >= 0.3 is 7.12 Å². The second-order valence-corrected chi connectivity index (χ2v) is 6.15. The minimum atomic E-state index is -0.517. The Morgan fingerprint density at radius 3 is 2.45 bits per heavy atom. The van der Waals surface area contributed by atoms with Gasteiger partial charge in [-0.3, -0.25) is 4.79 Å². The lowest BCUT2D eigenvalue weighted by Gasteiger charge is -2.32. The quantitative estimate of drug-likeness (QED) is 0.785. The highest BCUT2D eigenvalue weighted by Crippen LogP contribution is 2.38. The number of amides is 1. The molecule has 2 aliphatic heterocycles. The predicted molar refractivity (Wildman–Crippen MR) is 76.3 cm³/mol. The average Bonchev–Trinajstić information content (AvgIpc) is 2.57. The van der Waals surface area contributed by atoms with Crippen molar-refractivity contribution in [2.24, 2.45) is 0 Å². The SMILES string of the molecule is CC1(C)OB(c2cccc3c2NC(=O)CO3)OC1(C)C. The van der Waals surface area contributed by atoms with Crippen molar-refractivity contribution in [1.82, 2.24) is 0 Å². The van der Waals surface area contributed by atoms with E-state index in [-0.39, 0.29) is 12.5 Å². The van der Waals surface area contributed by atoms with Crippen LogP contribution < -0.4 is 15.5 Å². The molecule has 2 heterocycles. The molecule has 0 saturated carbocycles. The van der Waals surface area contributed by atoms with Crippen LogP contribution in [-0.2, 0) is 14.1 Å². The lowest BCUT2D eigenvalue weighted by Crippen LogP contribution is -2.41. The molecule has 1 saturated heterocycles. The van der Waals surface area contributed by atoms with Crippen LogP contribution in [0.4, 0.5) is 5.69 Å². The van der Waals surface area contributed by atoms with E-state index in [4.69, 9.17) is 14.0 Å². The van der Waals surface area contributed by atoms with E-state index in [1.165, 1.54) is 0 Å². The summed E-state index contributed by atoms with van der Waals surface area (Å²) in [5, 5.41) is 2.84. The van der Waals surface area contributed by atoms with Crippen molar-refractivity contribution in [3.05, 3.63) is 18.2 Å². The van der Waals surface area contributed by atoms with Crippen LogP contribution in [0.25, 0.3) is 0 Å². The molecule has 0 unspecified atom stereocenters. The molecule has 5 nitrogen and oxygen atoms in total. The van der Waals surface area contributed by atoms with Gasteiger partial charge in [-0.05, 0) is 33.8 Å². The maximum Gasteiger partial charge on any atom is 0.497 e. The monoisotopic (exact) mass is 275 g/mol. The van der Waals surface area contributed by atoms with Crippen molar-refractivity contribution in [2.75, 3.05) is 11.9 Å². The van der Waals surface area contributed by atoms with Gasteiger partial charge in [-0.1, -0.05) is 12.1 Å². The van der Waals surface area contributed by atoms with Gasteiger partial charge in [0.05, 0.1) is 16.9 Å². The Bertz CT molecular complexity index is 554. The first-order valence-corrected chi connectivity index (χ1v) is 6.71. The number of benzene rings is 1. The first-order valence-electron chi connectivity index (χ1n) is 6.71. The second-order valence-electron chi connectivity index (χ2n) is 6.15. The molecule has 0 spiro atoms. The lowest BCUT2D eigenvalue weighted by atomic mass is 9.77. The summed E-state index contributed by atoms with van der Waals surface area (Å²) >= 11 is 0. The van der Waals surface area contributed by atoms with Crippen molar-refractivity contribution in [3.8, 4) is 5.75 Å². The van der Waals surface area contributed by atoms with Gasteiger partial charge in [0.1, 0.15) is 5.75 Å². The van der Waals surface area contributed by atoms with Gasteiger partial charge in [0.25, 0.3) is 5.91 Å². The standard InChI is InChI=1S/C14H18BNO4/c1-13(2)14(3,4)20-15(19-13)9-6-5-7-10-12(9)16-11(17)8-18-10/h5-7H,8H2,1-4H3,(H,16,17). The van der Waals surface area contributed by atoms with E-state index >= 15 is 0 Å². The summed E-state index contributed by atoms with van der Waals surface area (Å²) in [5.74, 6) is 0.485. The zero-order valence-electron chi connectivity index (χ0n) is 12.1. The summed E-state index contributed by atoms with van der Waals surface area (Å²) in [6, 6.07) is 5.58. The summed E-state index contributed by atoms with van der Waals surface area (Å²) < 4.78 is 17.5. The van der Waals surface area contributed by atoms with E-state index < -0.39 is 18.3 Å². The Kier molecular flexibility index (Phi) is 2.85. The van der Waals surface area contributed by atoms with Crippen molar-refractivity contribution in [1.29, 1.82) is 0 Å². The highest BCUT2D eigenvalue weighted by atomic mass is 16.7. The van der Waals surface area contributed by atoms with Crippen molar-refractivity contribution in [3.63, 3.8) is 0 Å². The molecule has 0 atom stereocenters. The zero-order valence-corrected chi connectivity index (χ0v) is 12.1. The van der Waals surface area contributed by atoms with Crippen LogP contribution in [0.2, 0.25) is 0 Å². The average molecular weight is 275 g/mol. The fourth-order valence-electron chi connectivity index (χ4n) is 2.29. The molecule has 20 heavy (non-hydrogen) atoms. The molecule has 1 amide bonds. The van der Waals surface area contributed by atoms with E-state index in [1.54, 1.807) is 0 Å². The molecule has 0 bridgehead atoms. The number of fused-ring (bicyclic) bond motifs is 1. The fourth-order valence-corrected chi connectivity index (χ4v) is 2.29. The Morgan fingerprint density at radius 1 is 1.15 bits per heavy atom. The maximum absolute atomic E-state index is 11.5. The third-order valence-electron chi connectivity index (χ3n) is 4.19. The van der Waals surface area contributed by atoms with Crippen LogP contribution >= 0.6 is 0 Å². The van der Waals surface area contributed by atoms with Crippen LogP contribution in [0.1, 0.15) is 27.7 Å². The zero-order chi connectivity index (χ0) is 14.5. The number of anilines is 1. The highest BCUT2D eigenvalue weighted by Gasteiger charge is 2.52. The van der Waals surface area contributed by atoms with Crippen LogP contribution in [0.3, 0.4) is 0 Å². The number of para-hydroxylation sites is 1. The molecule has 1 N–H and O–H groups in total. The first kappa shape index (κ1) is 13.5. The third kappa shape index (κ3) is 1.99. The van der Waals surface area contributed by atoms with Crippen molar-refractivity contribution < 1.29 is 18.8 Å². The topological polar surface area (TPSA) is 56.8 Å². The van der Waals surface area contributed by atoms with Crippen molar-refractivity contribution in [2.45, 2.75) is 38.9 Å². The van der Waals surface area contributed by atoms with Gasteiger partial charge in [-0.2, -0.15) is 0 Å². The molecule has 2 aliphatic rings. The Morgan fingerprint density at radius 2 is 1.80 bits per heavy atom. The highest BCUT2D eigenvalue weighted by molar-refractivity contribution is 6.64. The van der Waals surface area contributed by atoms with Crippen molar-refractivity contribution >= 4 is 24.2 Å². The molecule has 1 aromatic rings. The largest absolute Gasteiger partial charge is 0.497 e. The molecule has 1 aromatic carbocycles. The van der Waals surface area contributed by atoms with E-state index in [9.17, 15) is 4.79 Å². The molecule has 6 heteroatoms. The maximum atomic E-state index is 11.5. The van der Waals surface area contributed by atoms with Gasteiger partial charge < -0.3 is 19.4 Å². The van der Waals surface area contributed by atoms with E-state index in [1.807, 2.05) is 45.9 Å². The summed E-state index contributed by atoms with van der Waals surface area (Å²) in [7, 11) is -0.517. The van der Waals surface area contributed by atoms with Crippen LogP contribution in [0.5, 0.6) is 5.75 Å². The number of ether oxygens (including phenoxy) is 1. The normalized spacial score (nSPS) is 23.0. The third-order valence-corrected chi connectivity index (χ3v) is 4.19. The molecule has 0 aliphatic carbocycles. The number of carbonyl (C=O) groups excluding carboxylic acids is 1. The van der Waals surface area contributed by atoms with Gasteiger partial charge in [-0.25, -0.2) is 0 Å². The van der Waals surface area contributed by atoms with Crippen LogP contribution in [-0.4, -0.2) is 30.8 Å². The minimum absolute atomic E-state index is 0.0415. The smallest absolute Gasteiger partial charge is 0.482 e. The van der Waals surface area contributed by atoms with Crippen LogP contribution in [0, 0.1) is 0 Å². The molecular weight excluding hydrogens is 257 g/mol. The summed E-state index contributed by atoms with van der Waals surface area (Å²) in [4.78, 5) is 11.5. The minimum Gasteiger partial charge on any atom is -0.482 e. The summed E-state index contributed by atoms with van der Waals surface area (Å²) in [5.41, 5.74) is 0.594. The summed E-state index contributed by atoms with van der Waals surface area (Å²) in [6.07, 6.45) is 0. The van der Waals surface area contributed by atoms with E-state index in [2.05, 4.69) is 5.32 Å². The number of rotatable bonds is 1. The summed E-state index contributed by atoms with van der Waals surface area (Å²) in [6.45, 7) is 8.03. The molecule has 106 valence electrons. The molecule has 0 aromatic heterocycles. The van der Waals surface area contributed by atoms with Crippen LogP contribution in [0.15, 0.2) is 18.2 Å². The van der Waals surface area contributed by atoms with E-state index in [0.29, 0.717) is 11.4 Å². The Labute approximate surface area is 118 Å². The van der Waals surface area contributed by atoms with E-state index in [0.717, 1.165) is 5.46 Å². The van der Waals surface area contributed by atoms with Gasteiger partial charge in [0, 0.05) is 5.46 Å². The lowest BCUT2D eigenvalue weighted by molar-refractivity contribution is -0.118. The van der Waals surface area contributed by atoms with Gasteiger partial charge in [0.2, 0.25) is 0 Å². The molecule has 0 radical (unpaired) electrons. The second kappa shape index (κ2) is 4.23. The number of hydrogen-bond donors (Lipinski definition) is 1. The van der Waals surface area contributed by atoms with Gasteiger partial charge in [-0.15, -0.1) is 0 Å². The Hall–Kier alpha value is -1.53. The molecule has 3 rings (SSSR count). The molecule has 1 fully saturated rings. The molecular formula is C14H18BNO4. The predicted octanol–water partition coefficient (Wildman–Crippen LogP) is 1.32. The van der Waals surface area contributed by atoms with Gasteiger partial charge in [0.15, 0.2) is 6.61 Å². The first-order chi connectivity index (χ1) is 9.30. The number of hydrogen-bond acceptors (Lipinski definition) is 4.